The van der Waals surface area contributed by atoms with Gasteiger partial charge in [0.05, 0.1) is 23.1 Å². The van der Waals surface area contributed by atoms with Gasteiger partial charge in [-0.05, 0) is 30.4 Å². The highest BCUT2D eigenvalue weighted by atomic mass is 32.1. The number of thiocarbonyl (C=S) groups is 1. The van der Waals surface area contributed by atoms with Crippen LogP contribution in [0.4, 0.5) is 22.7 Å². The molecule has 2 aromatic rings. The molecule has 0 radical (unpaired) electrons. The SMILES string of the molecule is O=C(NC(=S)N1CCN(c2ccc([N+](=O)[O-])c(N3CCOCC3)c2)CC1)c1cccc([N+](=O)[O-])c1. The van der Waals surface area contributed by atoms with Crippen LogP contribution in [0, 0.1) is 20.2 Å². The highest BCUT2D eigenvalue weighted by Gasteiger charge is 2.25. The third-order valence-electron chi connectivity index (χ3n) is 5.98. The number of benzene rings is 2. The van der Waals surface area contributed by atoms with E-state index in [-0.39, 0.29) is 27.0 Å². The molecule has 0 aliphatic carbocycles. The lowest BCUT2D eigenvalue weighted by atomic mass is 10.1. The van der Waals surface area contributed by atoms with Crippen LogP contribution in [0.3, 0.4) is 0 Å². The molecule has 0 spiro atoms. The molecule has 0 unspecified atom stereocenters. The number of carbonyl (C=O) groups is 1. The number of amides is 1. The Morgan fingerprint density at radius 1 is 0.914 bits per heavy atom. The lowest BCUT2D eigenvalue weighted by molar-refractivity contribution is -0.384. The summed E-state index contributed by atoms with van der Waals surface area (Å²) in [5.41, 5.74) is 1.51. The average Bonchev–Trinajstić information content (AvgIpc) is 2.89. The van der Waals surface area contributed by atoms with Gasteiger partial charge < -0.3 is 19.4 Å². The monoisotopic (exact) mass is 500 g/mol. The van der Waals surface area contributed by atoms with Crippen LogP contribution in [0.2, 0.25) is 0 Å². The van der Waals surface area contributed by atoms with Gasteiger partial charge in [0.15, 0.2) is 5.11 Å². The summed E-state index contributed by atoms with van der Waals surface area (Å²) in [6, 6.07) is 10.6. The first-order valence-corrected chi connectivity index (χ1v) is 11.4. The normalized spacial score (nSPS) is 16.1. The molecular formula is C22H24N6O6S. The molecule has 2 heterocycles. The molecule has 2 saturated heterocycles. The maximum Gasteiger partial charge on any atom is 0.292 e. The summed E-state index contributed by atoms with van der Waals surface area (Å²) in [6.07, 6.45) is 0. The number of nitro groups is 2. The summed E-state index contributed by atoms with van der Waals surface area (Å²) in [5.74, 6) is -0.508. The van der Waals surface area contributed by atoms with Gasteiger partial charge in [0.25, 0.3) is 17.3 Å². The molecule has 4 rings (SSSR count). The van der Waals surface area contributed by atoms with Crippen molar-refractivity contribution >= 4 is 46.0 Å². The first-order valence-electron chi connectivity index (χ1n) is 11.0. The van der Waals surface area contributed by atoms with Crippen molar-refractivity contribution in [3.8, 4) is 0 Å². The number of ether oxygens (including phenoxy) is 1. The number of nitrogens with zero attached hydrogens (tertiary/aromatic N) is 5. The zero-order valence-electron chi connectivity index (χ0n) is 18.8. The van der Waals surface area contributed by atoms with E-state index in [1.807, 2.05) is 15.9 Å². The minimum Gasteiger partial charge on any atom is -0.378 e. The fraction of sp³-hybridized carbons (Fsp3) is 0.364. The van der Waals surface area contributed by atoms with Gasteiger partial charge in [-0.1, -0.05) is 6.07 Å². The van der Waals surface area contributed by atoms with Crippen LogP contribution < -0.4 is 15.1 Å². The lowest BCUT2D eigenvalue weighted by Gasteiger charge is -2.37. The molecule has 13 heteroatoms. The number of morpholine rings is 1. The van der Waals surface area contributed by atoms with Crippen molar-refractivity contribution in [2.75, 3.05) is 62.3 Å². The third-order valence-corrected chi connectivity index (χ3v) is 6.34. The Morgan fingerprint density at radius 2 is 1.63 bits per heavy atom. The summed E-state index contributed by atoms with van der Waals surface area (Å²) in [5, 5.41) is 25.4. The average molecular weight is 501 g/mol. The van der Waals surface area contributed by atoms with Gasteiger partial charge in [-0.15, -0.1) is 0 Å². The number of hydrogen-bond acceptors (Lipinski definition) is 9. The molecule has 2 aromatic carbocycles. The van der Waals surface area contributed by atoms with Crippen molar-refractivity contribution in [1.29, 1.82) is 0 Å². The van der Waals surface area contributed by atoms with Crippen molar-refractivity contribution < 1.29 is 19.4 Å². The van der Waals surface area contributed by atoms with E-state index >= 15 is 0 Å². The van der Waals surface area contributed by atoms with Crippen molar-refractivity contribution in [3.05, 3.63) is 68.3 Å². The van der Waals surface area contributed by atoms with E-state index in [4.69, 9.17) is 17.0 Å². The Balaban J connectivity index is 1.39. The third kappa shape index (κ3) is 5.63. The fourth-order valence-corrected chi connectivity index (χ4v) is 4.37. The number of carbonyl (C=O) groups excluding carboxylic acids is 1. The molecule has 0 saturated carbocycles. The summed E-state index contributed by atoms with van der Waals surface area (Å²) in [7, 11) is 0. The Labute approximate surface area is 206 Å². The maximum absolute atomic E-state index is 12.5. The Bertz CT molecular complexity index is 1150. The van der Waals surface area contributed by atoms with E-state index in [2.05, 4.69) is 10.2 Å². The zero-order valence-corrected chi connectivity index (χ0v) is 19.6. The van der Waals surface area contributed by atoms with Crippen LogP contribution in [0.1, 0.15) is 10.4 Å². The van der Waals surface area contributed by atoms with Crippen LogP contribution in [0.5, 0.6) is 0 Å². The summed E-state index contributed by atoms with van der Waals surface area (Å²) >= 11 is 5.39. The van der Waals surface area contributed by atoms with Crippen LogP contribution in [-0.2, 0) is 4.74 Å². The van der Waals surface area contributed by atoms with E-state index in [1.54, 1.807) is 6.07 Å². The predicted molar refractivity (Wildman–Crippen MR) is 133 cm³/mol. The molecule has 0 atom stereocenters. The van der Waals surface area contributed by atoms with Gasteiger partial charge in [-0.3, -0.25) is 30.3 Å². The van der Waals surface area contributed by atoms with E-state index in [0.29, 0.717) is 58.2 Å². The summed E-state index contributed by atoms with van der Waals surface area (Å²) < 4.78 is 5.37. The number of non-ortho nitro benzene ring substituents is 1. The minimum absolute atomic E-state index is 0.0688. The van der Waals surface area contributed by atoms with Crippen molar-refractivity contribution in [2.45, 2.75) is 0 Å². The van der Waals surface area contributed by atoms with Gasteiger partial charge >= 0.3 is 0 Å². The highest BCUT2D eigenvalue weighted by molar-refractivity contribution is 7.80. The number of nitro benzene ring substituents is 2. The Morgan fingerprint density at radius 3 is 2.29 bits per heavy atom. The second-order valence-corrected chi connectivity index (χ2v) is 8.46. The van der Waals surface area contributed by atoms with Crippen molar-refractivity contribution in [2.24, 2.45) is 0 Å². The smallest absolute Gasteiger partial charge is 0.292 e. The van der Waals surface area contributed by atoms with Crippen molar-refractivity contribution in [1.82, 2.24) is 10.2 Å². The molecule has 0 aromatic heterocycles. The molecule has 1 amide bonds. The van der Waals surface area contributed by atoms with Gasteiger partial charge in [0, 0.05) is 68.7 Å². The van der Waals surface area contributed by atoms with Crippen LogP contribution in [0.15, 0.2) is 42.5 Å². The first-order chi connectivity index (χ1) is 16.8. The molecule has 2 fully saturated rings. The summed E-state index contributed by atoms with van der Waals surface area (Å²) in [6.45, 7) is 4.53. The quantitative estimate of drug-likeness (QED) is 0.370. The zero-order chi connectivity index (χ0) is 24.9. The Hall–Kier alpha value is -3.84. The van der Waals surface area contributed by atoms with E-state index in [9.17, 15) is 25.0 Å². The number of nitrogens with one attached hydrogen (secondary N) is 1. The van der Waals surface area contributed by atoms with Crippen molar-refractivity contribution in [3.63, 3.8) is 0 Å². The van der Waals surface area contributed by atoms with E-state index < -0.39 is 10.8 Å². The Kier molecular flexibility index (Phi) is 7.36. The van der Waals surface area contributed by atoms with E-state index in [1.165, 1.54) is 30.3 Å². The minimum atomic E-state index is -0.559. The van der Waals surface area contributed by atoms with Crippen LogP contribution >= 0.6 is 12.2 Å². The second kappa shape index (κ2) is 10.6. The number of anilines is 2. The van der Waals surface area contributed by atoms with Gasteiger partial charge in [-0.2, -0.15) is 0 Å². The van der Waals surface area contributed by atoms with Gasteiger partial charge in [-0.25, -0.2) is 0 Å². The van der Waals surface area contributed by atoms with Crippen LogP contribution in [0.25, 0.3) is 0 Å². The molecule has 0 bridgehead atoms. The number of hydrogen-bond donors (Lipinski definition) is 1. The standard InChI is InChI=1S/C22H24N6O6S/c29-21(16-2-1-3-18(14-16)27(30)31)23-22(35)26-8-6-24(7-9-26)17-4-5-19(28(32)33)20(15-17)25-10-12-34-13-11-25/h1-5,14-15H,6-13H2,(H,23,29,35). The topological polar surface area (TPSA) is 134 Å². The van der Waals surface area contributed by atoms with E-state index in [0.717, 1.165) is 5.69 Å². The maximum atomic E-state index is 12.5. The molecule has 2 aliphatic heterocycles. The highest BCUT2D eigenvalue weighted by Crippen LogP contribution is 2.33. The second-order valence-electron chi connectivity index (χ2n) is 8.07. The lowest BCUT2D eigenvalue weighted by Crippen LogP contribution is -2.52. The molecule has 184 valence electrons. The van der Waals surface area contributed by atoms with Crippen LogP contribution in [-0.4, -0.2) is 78.2 Å². The number of rotatable bonds is 5. The molecule has 12 nitrogen and oxygen atoms in total. The van der Waals surface area contributed by atoms with Gasteiger partial charge in [0.1, 0.15) is 5.69 Å². The molecule has 35 heavy (non-hydrogen) atoms. The first kappa shape index (κ1) is 24.3. The summed E-state index contributed by atoms with van der Waals surface area (Å²) in [4.78, 5) is 40.0. The molecular weight excluding hydrogens is 476 g/mol. The molecule has 2 aliphatic rings. The molecule has 1 N–H and O–H groups in total. The van der Waals surface area contributed by atoms with Gasteiger partial charge in [0.2, 0.25) is 0 Å². The largest absolute Gasteiger partial charge is 0.378 e. The predicted octanol–water partition coefficient (Wildman–Crippen LogP) is 2.18. The number of piperazine rings is 1. The fourth-order valence-electron chi connectivity index (χ4n) is 4.10.